The molecular weight excluding hydrogens is 256 g/mol. The molecule has 0 spiro atoms. The number of thioether (sulfide) groups is 1. The number of nitrogens with zero attached hydrogens (tertiary/aromatic N) is 1. The van der Waals surface area contributed by atoms with E-state index in [1.807, 2.05) is 24.8 Å². The molecule has 1 N–H and O–H groups in total. The molecule has 0 saturated heterocycles. The lowest BCUT2D eigenvalue weighted by Crippen LogP contribution is -2.17. The van der Waals surface area contributed by atoms with E-state index in [-0.39, 0.29) is 0 Å². The highest BCUT2D eigenvalue weighted by molar-refractivity contribution is 7.99. The van der Waals surface area contributed by atoms with Crippen LogP contribution < -0.4 is 10.1 Å². The van der Waals surface area contributed by atoms with Crippen molar-refractivity contribution in [3.05, 3.63) is 23.5 Å². The fourth-order valence-corrected chi connectivity index (χ4v) is 2.48. The van der Waals surface area contributed by atoms with Crippen LogP contribution in [0.25, 0.3) is 0 Å². The predicted molar refractivity (Wildman–Crippen MR) is 81.9 cm³/mol. The third kappa shape index (κ3) is 5.41. The number of ether oxygens (including phenoxy) is 1. The van der Waals surface area contributed by atoms with Crippen molar-refractivity contribution < 1.29 is 4.74 Å². The first-order valence-corrected chi connectivity index (χ1v) is 8.35. The van der Waals surface area contributed by atoms with E-state index in [2.05, 4.69) is 23.3 Å². The van der Waals surface area contributed by atoms with Gasteiger partial charge in [0.1, 0.15) is 5.75 Å². The average Bonchev–Trinajstić information content (AvgIpc) is 3.22. The van der Waals surface area contributed by atoms with Crippen molar-refractivity contribution in [3.8, 4) is 5.75 Å². The summed E-state index contributed by atoms with van der Waals surface area (Å²) >= 11 is 1.96. The van der Waals surface area contributed by atoms with Gasteiger partial charge in [-0.1, -0.05) is 6.92 Å². The van der Waals surface area contributed by atoms with Crippen LogP contribution in [-0.2, 0) is 6.54 Å². The van der Waals surface area contributed by atoms with Gasteiger partial charge in [0.05, 0.1) is 12.3 Å². The van der Waals surface area contributed by atoms with Gasteiger partial charge in [-0.25, -0.2) is 0 Å². The Morgan fingerprint density at radius 1 is 1.42 bits per heavy atom. The molecule has 1 fully saturated rings. The summed E-state index contributed by atoms with van der Waals surface area (Å²) < 4.78 is 5.88. The number of nitrogens with one attached hydrogen (secondary N) is 1. The Labute approximate surface area is 120 Å². The van der Waals surface area contributed by atoms with E-state index in [9.17, 15) is 0 Å². The molecule has 1 aromatic rings. The summed E-state index contributed by atoms with van der Waals surface area (Å²) in [6.45, 7) is 5.83. The second-order valence-electron chi connectivity index (χ2n) is 4.95. The molecular formula is C15H24N2OS. The van der Waals surface area contributed by atoms with Gasteiger partial charge in [-0.05, 0) is 49.8 Å². The highest BCUT2D eigenvalue weighted by atomic mass is 32.2. The standard InChI is InChI=1S/C15H24N2OS/c1-3-19-10-4-9-18-15-8-5-12(2)17-14(15)11-16-13-6-7-13/h5,8,13,16H,3-4,6-7,9-11H2,1-2H3. The quantitative estimate of drug-likeness (QED) is 0.705. The predicted octanol–water partition coefficient (Wildman–Crippen LogP) is 3.16. The van der Waals surface area contributed by atoms with Crippen molar-refractivity contribution in [2.24, 2.45) is 0 Å². The average molecular weight is 280 g/mol. The van der Waals surface area contributed by atoms with E-state index in [1.54, 1.807) is 0 Å². The van der Waals surface area contributed by atoms with Gasteiger partial charge < -0.3 is 10.1 Å². The molecule has 4 heteroatoms. The second-order valence-corrected chi connectivity index (χ2v) is 6.35. The van der Waals surface area contributed by atoms with Crippen LogP contribution in [0.3, 0.4) is 0 Å². The fraction of sp³-hybridized carbons (Fsp3) is 0.667. The normalized spacial score (nSPS) is 14.6. The van der Waals surface area contributed by atoms with E-state index >= 15 is 0 Å². The molecule has 0 aliphatic heterocycles. The Morgan fingerprint density at radius 3 is 3.00 bits per heavy atom. The lowest BCUT2D eigenvalue weighted by molar-refractivity contribution is 0.312. The number of hydrogen-bond acceptors (Lipinski definition) is 4. The van der Waals surface area contributed by atoms with Gasteiger partial charge in [-0.3, -0.25) is 4.98 Å². The summed E-state index contributed by atoms with van der Waals surface area (Å²) in [5.41, 5.74) is 2.11. The smallest absolute Gasteiger partial charge is 0.142 e. The van der Waals surface area contributed by atoms with Crippen LogP contribution in [-0.4, -0.2) is 29.1 Å². The summed E-state index contributed by atoms with van der Waals surface area (Å²) in [6, 6.07) is 4.78. The molecule has 0 atom stereocenters. The zero-order valence-corrected chi connectivity index (χ0v) is 12.8. The van der Waals surface area contributed by atoms with Crippen molar-refractivity contribution in [1.29, 1.82) is 0 Å². The van der Waals surface area contributed by atoms with E-state index in [0.29, 0.717) is 6.04 Å². The SMILES string of the molecule is CCSCCCOc1ccc(C)nc1CNC1CC1. The first-order valence-electron chi connectivity index (χ1n) is 7.20. The molecule has 106 valence electrons. The third-order valence-corrected chi connectivity index (χ3v) is 4.09. The lowest BCUT2D eigenvalue weighted by atomic mass is 10.2. The first kappa shape index (κ1) is 14.7. The van der Waals surface area contributed by atoms with Crippen molar-refractivity contribution >= 4 is 11.8 Å². The summed E-state index contributed by atoms with van der Waals surface area (Å²) in [5, 5.41) is 3.50. The van der Waals surface area contributed by atoms with Gasteiger partial charge in [0.15, 0.2) is 0 Å². The van der Waals surface area contributed by atoms with Crippen LogP contribution in [0.1, 0.15) is 37.6 Å². The second kappa shape index (κ2) is 7.75. The van der Waals surface area contributed by atoms with E-state index in [1.165, 1.54) is 24.3 Å². The highest BCUT2D eigenvalue weighted by Gasteiger charge is 2.21. The number of aryl methyl sites for hydroxylation is 1. The van der Waals surface area contributed by atoms with E-state index < -0.39 is 0 Å². The van der Waals surface area contributed by atoms with Crippen LogP contribution in [0.4, 0.5) is 0 Å². The number of pyridine rings is 1. The van der Waals surface area contributed by atoms with E-state index in [0.717, 1.165) is 36.7 Å². The Hall–Kier alpha value is -0.740. The minimum atomic E-state index is 0.705. The van der Waals surface area contributed by atoms with Crippen LogP contribution >= 0.6 is 11.8 Å². The number of hydrogen-bond donors (Lipinski definition) is 1. The molecule has 1 aromatic heterocycles. The molecule has 3 nitrogen and oxygen atoms in total. The summed E-state index contributed by atoms with van der Waals surface area (Å²) in [7, 11) is 0. The zero-order valence-electron chi connectivity index (χ0n) is 11.9. The molecule has 0 radical (unpaired) electrons. The molecule has 1 aliphatic rings. The van der Waals surface area contributed by atoms with Gasteiger partial charge >= 0.3 is 0 Å². The zero-order chi connectivity index (χ0) is 13.5. The topological polar surface area (TPSA) is 34.1 Å². The Bertz CT molecular complexity index is 394. The van der Waals surface area contributed by atoms with Crippen LogP contribution in [0.5, 0.6) is 5.75 Å². The minimum absolute atomic E-state index is 0.705. The van der Waals surface area contributed by atoms with Gasteiger partial charge in [-0.15, -0.1) is 0 Å². The minimum Gasteiger partial charge on any atom is -0.492 e. The Kier molecular flexibility index (Phi) is 5.98. The van der Waals surface area contributed by atoms with Crippen molar-refractivity contribution in [3.63, 3.8) is 0 Å². The molecule has 0 amide bonds. The summed E-state index contributed by atoms with van der Waals surface area (Å²) in [4.78, 5) is 4.60. The molecule has 0 aromatic carbocycles. The Balaban J connectivity index is 1.82. The molecule has 0 unspecified atom stereocenters. The van der Waals surface area contributed by atoms with Gasteiger partial charge in [0, 0.05) is 18.3 Å². The molecule has 19 heavy (non-hydrogen) atoms. The maximum Gasteiger partial charge on any atom is 0.142 e. The van der Waals surface area contributed by atoms with Crippen molar-refractivity contribution in [2.75, 3.05) is 18.1 Å². The molecule has 1 saturated carbocycles. The van der Waals surface area contributed by atoms with Gasteiger partial charge in [0.2, 0.25) is 0 Å². The van der Waals surface area contributed by atoms with Crippen molar-refractivity contribution in [2.45, 2.75) is 45.7 Å². The molecule has 1 heterocycles. The van der Waals surface area contributed by atoms with Crippen molar-refractivity contribution in [1.82, 2.24) is 10.3 Å². The first-order chi connectivity index (χ1) is 9.29. The third-order valence-electron chi connectivity index (χ3n) is 3.10. The molecule has 0 bridgehead atoms. The largest absolute Gasteiger partial charge is 0.492 e. The van der Waals surface area contributed by atoms with Crippen LogP contribution in [0, 0.1) is 6.92 Å². The maximum absolute atomic E-state index is 5.88. The summed E-state index contributed by atoms with van der Waals surface area (Å²) in [5.74, 6) is 3.30. The Morgan fingerprint density at radius 2 is 2.26 bits per heavy atom. The van der Waals surface area contributed by atoms with Gasteiger partial charge in [-0.2, -0.15) is 11.8 Å². The van der Waals surface area contributed by atoms with E-state index in [4.69, 9.17) is 4.74 Å². The van der Waals surface area contributed by atoms with Crippen LogP contribution in [0.2, 0.25) is 0 Å². The molecule has 2 rings (SSSR count). The van der Waals surface area contributed by atoms with Gasteiger partial charge in [0.25, 0.3) is 0 Å². The maximum atomic E-state index is 5.88. The number of aromatic nitrogens is 1. The molecule has 1 aliphatic carbocycles. The van der Waals surface area contributed by atoms with Crippen LogP contribution in [0.15, 0.2) is 12.1 Å². The monoisotopic (exact) mass is 280 g/mol. The fourth-order valence-electron chi connectivity index (χ4n) is 1.87. The summed E-state index contributed by atoms with van der Waals surface area (Å²) in [6.07, 6.45) is 3.70. The lowest BCUT2D eigenvalue weighted by Gasteiger charge is -2.12. The highest BCUT2D eigenvalue weighted by Crippen LogP contribution is 2.22. The number of rotatable bonds is 9.